The van der Waals surface area contributed by atoms with Gasteiger partial charge in [-0.25, -0.2) is 18.6 Å². The van der Waals surface area contributed by atoms with Gasteiger partial charge >= 0.3 is 5.69 Å². The highest BCUT2D eigenvalue weighted by Gasteiger charge is 2.49. The van der Waals surface area contributed by atoms with Crippen LogP contribution in [0.5, 0.6) is 23.0 Å². The summed E-state index contributed by atoms with van der Waals surface area (Å²) in [6.45, 7) is 9.92. The SMILES string of the molecule is COc1cc(-c2cn(C)c(=O)c3cnc(N4CCC4)cc23)cc(OCCOc2cc(-c3cn(C)c(=O)c(C)c3C)cc(OC)c2CN2CCC(N3CCc4ccc(-c5cccc6c5n(C)c(=O)n6C5CCC(=O)NC5=O)cc4C3)C(F)(F)C2)c1CN1CCC2(CC1)CN(c1cccc3c(C4CCC(=O)NC4=O)nn(C)c13)C2. The second kappa shape index (κ2) is 28.9. The number of imide groups is 2. The lowest BCUT2D eigenvalue weighted by Gasteiger charge is -2.55. The Labute approximate surface area is 645 Å². The summed E-state index contributed by atoms with van der Waals surface area (Å²) in [6, 6.07) is 25.7. The Morgan fingerprint density at radius 2 is 1.24 bits per heavy atom. The molecule has 0 saturated carbocycles. The molecule has 6 saturated heterocycles. The van der Waals surface area contributed by atoms with Gasteiger partial charge in [-0.1, -0.05) is 36.4 Å². The molecule has 3 atom stereocenters. The summed E-state index contributed by atoms with van der Waals surface area (Å²) in [5.74, 6) is -2.32. The summed E-state index contributed by atoms with van der Waals surface area (Å²) in [4.78, 5) is 107. The number of pyridine rings is 3. The Kier molecular flexibility index (Phi) is 19.1. The molecule has 1 spiro atoms. The van der Waals surface area contributed by atoms with Crippen molar-refractivity contribution in [3.05, 3.63) is 174 Å². The molecule has 6 fully saturated rings. The third kappa shape index (κ3) is 13.1. The van der Waals surface area contributed by atoms with Crippen molar-refractivity contribution in [2.24, 2.45) is 33.6 Å². The molecule has 4 amide bonds. The number of aromatic nitrogens is 7. The minimum Gasteiger partial charge on any atom is -0.496 e. The first-order valence-electron chi connectivity index (χ1n) is 38.8. The number of carbonyl (C=O) groups is 4. The molecule has 5 aromatic carbocycles. The first-order chi connectivity index (χ1) is 53.9. The van der Waals surface area contributed by atoms with E-state index in [1.54, 1.807) is 74.8 Å². The van der Waals surface area contributed by atoms with E-state index in [1.165, 1.54) is 9.13 Å². The summed E-state index contributed by atoms with van der Waals surface area (Å²) in [6.07, 6.45) is 10.0. The maximum Gasteiger partial charge on any atom is 0.329 e. The van der Waals surface area contributed by atoms with Gasteiger partial charge in [-0.3, -0.25) is 67.9 Å². The number of benzene rings is 5. The van der Waals surface area contributed by atoms with Gasteiger partial charge < -0.3 is 37.9 Å². The molecule has 7 aliphatic rings. The zero-order valence-corrected chi connectivity index (χ0v) is 64.4. The zero-order chi connectivity index (χ0) is 77.9. The van der Waals surface area contributed by atoms with Crippen molar-refractivity contribution in [2.75, 3.05) is 96.1 Å². The van der Waals surface area contributed by atoms with E-state index in [1.807, 2.05) is 103 Å². The van der Waals surface area contributed by atoms with Gasteiger partial charge in [0.2, 0.25) is 23.6 Å². The van der Waals surface area contributed by atoms with Crippen LogP contribution in [0.1, 0.15) is 102 Å². The normalized spacial score (nSPS) is 20.1. The van der Waals surface area contributed by atoms with E-state index in [2.05, 4.69) is 31.4 Å². The number of nitrogens with one attached hydrogen (secondary N) is 2. The fourth-order valence-corrected chi connectivity index (χ4v) is 18.5. The zero-order valence-electron chi connectivity index (χ0n) is 64.4. The number of piperidine rings is 4. The molecular weight excluding hydrogens is 1430 g/mol. The smallest absolute Gasteiger partial charge is 0.329 e. The highest BCUT2D eigenvalue weighted by Crippen LogP contribution is 2.48. The minimum absolute atomic E-state index is 0.0107. The number of alkyl halides is 2. The number of anilines is 2. The van der Waals surface area contributed by atoms with E-state index in [9.17, 15) is 33.6 Å². The van der Waals surface area contributed by atoms with Gasteiger partial charge in [0.1, 0.15) is 48.1 Å². The van der Waals surface area contributed by atoms with Crippen LogP contribution < -0.4 is 56.2 Å². The van der Waals surface area contributed by atoms with Crippen molar-refractivity contribution in [2.45, 2.75) is 115 Å². The van der Waals surface area contributed by atoms with Gasteiger partial charge in [0.25, 0.3) is 17.0 Å². The number of likely N-dealkylation sites (tertiary alicyclic amines) is 2. The van der Waals surface area contributed by atoms with Gasteiger partial charge in [0.15, 0.2) is 0 Å². The van der Waals surface area contributed by atoms with Gasteiger partial charge in [-0.2, -0.15) is 5.10 Å². The average molecular weight is 1520 g/mol. The number of carbonyl (C=O) groups excluding carboxylic acids is 4. The van der Waals surface area contributed by atoms with Gasteiger partial charge in [0.05, 0.1) is 77.2 Å². The van der Waals surface area contributed by atoms with Crippen molar-refractivity contribution in [1.82, 2.24) is 58.4 Å². The maximum absolute atomic E-state index is 17.4. The summed E-state index contributed by atoms with van der Waals surface area (Å²) >= 11 is 0. The molecule has 0 bridgehead atoms. The van der Waals surface area contributed by atoms with Crippen LogP contribution in [0.2, 0.25) is 0 Å². The molecule has 2 N–H and O–H groups in total. The second-order valence-electron chi connectivity index (χ2n) is 31.8. The lowest BCUT2D eigenvalue weighted by Crippen LogP contribution is -2.60. The number of fused-ring (bicyclic) bond motifs is 4. The van der Waals surface area contributed by atoms with Gasteiger partial charge in [-0.05, 0) is 154 Å². The summed E-state index contributed by atoms with van der Waals surface area (Å²) in [5, 5.41) is 11.9. The van der Waals surface area contributed by atoms with Crippen LogP contribution in [-0.2, 0) is 73.4 Å². The number of para-hydroxylation sites is 2. The first-order valence-corrected chi connectivity index (χ1v) is 38.8. The Bertz CT molecular complexity index is 5720. The lowest BCUT2D eigenvalue weighted by molar-refractivity contribution is -0.136. The fourth-order valence-electron chi connectivity index (χ4n) is 18.5. The monoisotopic (exact) mass is 1520 g/mol. The minimum atomic E-state index is -3.15. The molecular formula is C85H92F2N14O11. The summed E-state index contributed by atoms with van der Waals surface area (Å²) < 4.78 is 69.3. The van der Waals surface area contributed by atoms with E-state index in [-0.39, 0.29) is 85.4 Å². The molecule has 0 radical (unpaired) electrons. The number of halogens is 2. The van der Waals surface area contributed by atoms with Crippen molar-refractivity contribution in [3.8, 4) is 56.4 Å². The standard InChI is InChI=1S/C85H92F2N14O11/c1-49-50(2)81(106)92(3)42-61(49)53-35-68(109-7)64(45-97-28-23-72(85(86,87)48-97)99-29-22-51-16-17-52(34-55(51)41-99)56-12-9-15-66-77(56)94(5)83(108)101(66)67-19-21-75(103)90-80(67)105)70(37-53)111-32-33-112-71-38-54(62-43-93(4)82(107)60-40-88-73(39-59(60)62)98-26-11-27-98)36-69(110-8)63(71)44-96-30-24-84(25-31-96)46-100(47-84)65-14-10-13-57-76(91-95(6)78(57)65)58-18-20-74(102)89-79(58)104/h9-10,12-17,34-40,42-43,58,67,72H,11,18-33,41,44-48H2,1-8H3,(H,89,102,104)(H,90,103,105). The van der Waals surface area contributed by atoms with Crippen molar-refractivity contribution in [3.63, 3.8) is 0 Å². The Morgan fingerprint density at radius 3 is 1.92 bits per heavy atom. The van der Waals surface area contributed by atoms with Gasteiger partial charge in [-0.15, -0.1) is 0 Å². The predicted molar refractivity (Wildman–Crippen MR) is 422 cm³/mol. The van der Waals surface area contributed by atoms with E-state index in [0.29, 0.717) is 101 Å². The molecule has 3 unspecified atom stereocenters. The number of aryl methyl sites for hydroxylation is 4. The first kappa shape index (κ1) is 73.8. The number of methoxy groups -OCH3 is 2. The molecule has 25 nitrogen and oxygen atoms in total. The van der Waals surface area contributed by atoms with Gasteiger partial charge in [0, 0.05) is 157 Å². The topological polar surface area (TPSA) is 247 Å². The van der Waals surface area contributed by atoms with E-state index >= 15 is 8.78 Å². The number of rotatable bonds is 19. The number of ether oxygens (including phenoxy) is 4. The average Bonchev–Trinajstić information content (AvgIpc) is 1.58. The van der Waals surface area contributed by atoms with Crippen molar-refractivity contribution < 1.29 is 46.9 Å². The molecule has 582 valence electrons. The van der Waals surface area contributed by atoms with Crippen LogP contribution in [0, 0.1) is 19.3 Å². The van der Waals surface area contributed by atoms with Crippen LogP contribution in [0.15, 0.2) is 118 Å². The van der Waals surface area contributed by atoms with Crippen LogP contribution in [0.25, 0.3) is 66.1 Å². The third-order valence-corrected chi connectivity index (χ3v) is 24.9. The Morgan fingerprint density at radius 1 is 0.580 bits per heavy atom. The highest BCUT2D eigenvalue weighted by molar-refractivity contribution is 6.04. The molecule has 10 aromatic rings. The molecule has 5 aromatic heterocycles. The van der Waals surface area contributed by atoms with Crippen molar-refractivity contribution in [1.29, 1.82) is 0 Å². The largest absolute Gasteiger partial charge is 0.496 e. The predicted octanol–water partition coefficient (Wildman–Crippen LogP) is 9.34. The summed E-state index contributed by atoms with van der Waals surface area (Å²) in [7, 11) is 10.2. The number of hydrogen-bond acceptors (Lipinski definition) is 18. The molecule has 27 heteroatoms. The lowest BCUT2D eigenvalue weighted by atomic mass is 9.71. The number of imidazole rings is 1. The fraction of sp³-hybridized carbons (Fsp3) is 0.424. The van der Waals surface area contributed by atoms with E-state index in [4.69, 9.17) is 29.0 Å². The molecule has 112 heavy (non-hydrogen) atoms. The molecule has 7 aliphatic heterocycles. The number of hydrogen-bond donors (Lipinski definition) is 2. The van der Waals surface area contributed by atoms with Crippen LogP contribution >= 0.6 is 0 Å². The molecule has 0 aliphatic carbocycles. The third-order valence-electron chi connectivity index (χ3n) is 24.9. The van der Waals surface area contributed by atoms with Crippen molar-refractivity contribution >= 4 is 67.8 Å². The van der Waals surface area contributed by atoms with E-state index in [0.717, 1.165) is 136 Å². The maximum atomic E-state index is 17.4. The van der Waals surface area contributed by atoms with E-state index < -0.39 is 36.4 Å². The Balaban J connectivity index is 0.633. The molecule has 12 heterocycles. The Hall–Kier alpha value is -11.0. The number of nitrogens with zero attached hydrogens (tertiary/aromatic N) is 12. The van der Waals surface area contributed by atoms with Crippen LogP contribution in [-0.4, -0.2) is 170 Å². The second-order valence-corrected chi connectivity index (χ2v) is 31.8. The summed E-state index contributed by atoms with van der Waals surface area (Å²) in [5.41, 5.74) is 12.7. The molecule has 17 rings (SSSR count). The number of amides is 4. The van der Waals surface area contributed by atoms with Crippen LogP contribution in [0.4, 0.5) is 20.3 Å². The van der Waals surface area contributed by atoms with Crippen LogP contribution in [0.3, 0.4) is 0 Å². The highest BCUT2D eigenvalue weighted by atomic mass is 19.3. The quantitative estimate of drug-likeness (QED) is 0.0565.